The first-order chi connectivity index (χ1) is 11.5. The van der Waals surface area contributed by atoms with Crippen molar-refractivity contribution in [3.8, 4) is 11.1 Å². The number of carbonyl (C=O) groups is 2. The summed E-state index contributed by atoms with van der Waals surface area (Å²) in [6.45, 7) is -3.42. The predicted molar refractivity (Wildman–Crippen MR) is 80.8 cm³/mol. The van der Waals surface area contributed by atoms with Gasteiger partial charge in [-0.15, -0.1) is 0 Å². The van der Waals surface area contributed by atoms with Gasteiger partial charge in [-0.1, -0.05) is 30.3 Å². The summed E-state index contributed by atoms with van der Waals surface area (Å²) in [5.74, 6) is -1.70. The molecule has 1 atom stereocenters. The van der Waals surface area contributed by atoms with Gasteiger partial charge in [-0.05, 0) is 34.4 Å². The Morgan fingerprint density at radius 3 is 2.54 bits per heavy atom. The highest BCUT2D eigenvalue weighted by molar-refractivity contribution is 5.97. The second-order valence-electron chi connectivity index (χ2n) is 5.24. The van der Waals surface area contributed by atoms with E-state index in [-0.39, 0.29) is 5.56 Å². The Kier molecular flexibility index (Phi) is 4.26. The summed E-state index contributed by atoms with van der Waals surface area (Å²) in [4.78, 5) is 22.5. The fourth-order valence-electron chi connectivity index (χ4n) is 2.81. The van der Waals surface area contributed by atoms with Gasteiger partial charge < -0.3 is 15.2 Å². The van der Waals surface area contributed by atoms with Gasteiger partial charge in [0.2, 0.25) is 0 Å². The molecule has 124 valence electrons. The molecular formula is C17H13F2NO4. The highest BCUT2D eigenvalue weighted by Crippen LogP contribution is 2.46. The van der Waals surface area contributed by atoms with E-state index in [1.165, 1.54) is 6.07 Å². The fourth-order valence-corrected chi connectivity index (χ4v) is 2.81. The summed E-state index contributed by atoms with van der Waals surface area (Å²) in [7, 11) is 0. The second kappa shape index (κ2) is 6.37. The van der Waals surface area contributed by atoms with E-state index in [1.807, 2.05) is 0 Å². The molecule has 0 saturated carbocycles. The van der Waals surface area contributed by atoms with Crippen molar-refractivity contribution in [3.63, 3.8) is 0 Å². The molecule has 0 spiro atoms. The summed E-state index contributed by atoms with van der Waals surface area (Å²) < 4.78 is 30.2. The third-order valence-electron chi connectivity index (χ3n) is 3.77. The first kappa shape index (κ1) is 16.1. The maximum Gasteiger partial charge on any atom is 0.346 e. The van der Waals surface area contributed by atoms with Gasteiger partial charge in [0.15, 0.2) is 0 Å². The topological polar surface area (TPSA) is 75.6 Å². The summed E-state index contributed by atoms with van der Waals surface area (Å²) in [5, 5.41) is 10.9. The molecule has 0 bridgehead atoms. The van der Waals surface area contributed by atoms with Crippen LogP contribution in [0.3, 0.4) is 0 Å². The predicted octanol–water partition coefficient (Wildman–Crippen LogP) is 2.81. The molecule has 0 aliphatic heterocycles. The average molecular weight is 333 g/mol. The number of hydrogen-bond acceptors (Lipinski definition) is 3. The van der Waals surface area contributed by atoms with Crippen LogP contribution in [0.2, 0.25) is 0 Å². The molecule has 1 amide bonds. The average Bonchev–Trinajstić information content (AvgIpc) is 2.86. The Labute approximate surface area is 135 Å². The van der Waals surface area contributed by atoms with E-state index in [4.69, 9.17) is 9.84 Å². The third kappa shape index (κ3) is 2.98. The highest BCUT2D eigenvalue weighted by atomic mass is 19.3. The van der Waals surface area contributed by atoms with Gasteiger partial charge in [-0.2, -0.15) is 8.78 Å². The van der Waals surface area contributed by atoms with Crippen LogP contribution >= 0.6 is 0 Å². The van der Waals surface area contributed by atoms with Crippen molar-refractivity contribution in [2.75, 3.05) is 6.54 Å². The standard InChI is InChI=1S/C17H13F2NO4/c18-17(19)24-15-11-4-2-1-3-10(11)13-7-9(5-6-12(13)15)16(23)20-8-14(21)22/h1-7,15,17H,8H2,(H,20,23)(H,21,22). The van der Waals surface area contributed by atoms with Crippen LogP contribution < -0.4 is 5.32 Å². The van der Waals surface area contributed by atoms with Gasteiger partial charge in [0, 0.05) is 5.56 Å². The fraction of sp³-hybridized carbons (Fsp3) is 0.176. The van der Waals surface area contributed by atoms with Crippen LogP contribution in [0.5, 0.6) is 0 Å². The molecule has 0 saturated heterocycles. The Morgan fingerprint density at radius 1 is 1.12 bits per heavy atom. The molecule has 0 heterocycles. The van der Waals surface area contributed by atoms with Crippen molar-refractivity contribution in [2.24, 2.45) is 0 Å². The number of rotatable bonds is 5. The second-order valence-corrected chi connectivity index (χ2v) is 5.24. The van der Waals surface area contributed by atoms with Gasteiger partial charge in [0.1, 0.15) is 12.6 Å². The molecule has 3 rings (SSSR count). The smallest absolute Gasteiger partial charge is 0.346 e. The Balaban J connectivity index is 1.98. The maximum atomic E-state index is 12.7. The molecule has 0 fully saturated rings. The number of carboxylic acids is 1. The normalized spacial score (nSPS) is 15.0. The van der Waals surface area contributed by atoms with E-state index in [9.17, 15) is 18.4 Å². The highest BCUT2D eigenvalue weighted by Gasteiger charge is 2.31. The van der Waals surface area contributed by atoms with E-state index in [2.05, 4.69) is 5.32 Å². The number of amides is 1. The third-order valence-corrected chi connectivity index (χ3v) is 3.77. The van der Waals surface area contributed by atoms with Crippen LogP contribution in [0.4, 0.5) is 8.78 Å². The number of carbonyl (C=O) groups excluding carboxylic acids is 1. The summed E-state index contributed by atoms with van der Waals surface area (Å²) in [6, 6.07) is 11.5. The van der Waals surface area contributed by atoms with Crippen molar-refractivity contribution in [1.29, 1.82) is 0 Å². The zero-order chi connectivity index (χ0) is 17.3. The number of hydrogen-bond donors (Lipinski definition) is 2. The lowest BCUT2D eigenvalue weighted by molar-refractivity contribution is -0.152. The molecule has 5 nitrogen and oxygen atoms in total. The maximum absolute atomic E-state index is 12.7. The minimum absolute atomic E-state index is 0.252. The van der Waals surface area contributed by atoms with Crippen LogP contribution in [0.15, 0.2) is 42.5 Å². The van der Waals surface area contributed by atoms with Crippen LogP contribution in [-0.2, 0) is 9.53 Å². The van der Waals surface area contributed by atoms with E-state index in [1.54, 1.807) is 36.4 Å². The zero-order valence-corrected chi connectivity index (χ0v) is 12.3. The van der Waals surface area contributed by atoms with Gasteiger partial charge in [-0.3, -0.25) is 9.59 Å². The van der Waals surface area contributed by atoms with Crippen molar-refractivity contribution in [3.05, 3.63) is 59.2 Å². The van der Waals surface area contributed by atoms with Gasteiger partial charge in [-0.25, -0.2) is 0 Å². The lowest BCUT2D eigenvalue weighted by atomic mass is 10.0. The molecule has 24 heavy (non-hydrogen) atoms. The molecule has 2 aromatic carbocycles. The monoisotopic (exact) mass is 333 g/mol. The number of nitrogens with one attached hydrogen (secondary N) is 1. The number of benzene rings is 2. The molecular weight excluding hydrogens is 320 g/mol. The van der Waals surface area contributed by atoms with Crippen LogP contribution in [-0.4, -0.2) is 30.1 Å². The molecule has 1 unspecified atom stereocenters. The Bertz CT molecular complexity index is 807. The molecule has 2 aromatic rings. The van der Waals surface area contributed by atoms with Crippen molar-refractivity contribution in [1.82, 2.24) is 5.32 Å². The molecule has 0 aromatic heterocycles. The van der Waals surface area contributed by atoms with E-state index >= 15 is 0 Å². The quantitative estimate of drug-likeness (QED) is 0.882. The van der Waals surface area contributed by atoms with E-state index < -0.39 is 31.1 Å². The molecule has 7 heteroatoms. The summed E-state index contributed by atoms with van der Waals surface area (Å²) >= 11 is 0. The number of ether oxygens (including phenoxy) is 1. The number of alkyl halides is 2. The van der Waals surface area contributed by atoms with Crippen LogP contribution in [0.1, 0.15) is 27.6 Å². The Morgan fingerprint density at radius 2 is 1.83 bits per heavy atom. The van der Waals surface area contributed by atoms with E-state index in [0.29, 0.717) is 22.3 Å². The largest absolute Gasteiger partial charge is 0.480 e. The number of carboxylic acid groups (broad SMARTS) is 1. The summed E-state index contributed by atoms with van der Waals surface area (Å²) in [5.41, 5.74) is 2.75. The van der Waals surface area contributed by atoms with Crippen molar-refractivity contribution < 1.29 is 28.2 Å². The number of fused-ring (bicyclic) bond motifs is 3. The minimum atomic E-state index is -2.92. The first-order valence-corrected chi connectivity index (χ1v) is 7.14. The Hall–Kier alpha value is -2.80. The van der Waals surface area contributed by atoms with Crippen LogP contribution in [0, 0.1) is 0 Å². The first-order valence-electron chi connectivity index (χ1n) is 7.14. The number of halogens is 2. The minimum Gasteiger partial charge on any atom is -0.480 e. The molecule has 1 aliphatic rings. The molecule has 2 N–H and O–H groups in total. The van der Waals surface area contributed by atoms with Gasteiger partial charge in [0.25, 0.3) is 5.91 Å². The van der Waals surface area contributed by atoms with Crippen molar-refractivity contribution in [2.45, 2.75) is 12.7 Å². The number of aliphatic carboxylic acids is 1. The molecule has 1 aliphatic carbocycles. The lowest BCUT2D eigenvalue weighted by Gasteiger charge is -2.14. The summed E-state index contributed by atoms with van der Waals surface area (Å²) in [6.07, 6.45) is -0.896. The lowest BCUT2D eigenvalue weighted by Crippen LogP contribution is -2.29. The SMILES string of the molecule is O=C(O)CNC(=O)c1ccc2c(c1)-c1ccccc1C2OC(F)F. The van der Waals surface area contributed by atoms with E-state index in [0.717, 1.165) is 0 Å². The van der Waals surface area contributed by atoms with Crippen molar-refractivity contribution >= 4 is 11.9 Å². The van der Waals surface area contributed by atoms with Gasteiger partial charge >= 0.3 is 12.6 Å². The zero-order valence-electron chi connectivity index (χ0n) is 12.3. The molecule has 0 radical (unpaired) electrons. The van der Waals surface area contributed by atoms with Crippen LogP contribution in [0.25, 0.3) is 11.1 Å². The van der Waals surface area contributed by atoms with Gasteiger partial charge in [0.05, 0.1) is 0 Å².